The first-order valence-electron chi connectivity index (χ1n) is 8.31. The number of piperidine rings is 1. The van der Waals surface area contributed by atoms with Crippen LogP contribution >= 0.6 is 0 Å². The normalized spacial score (nSPS) is 18.7. The van der Waals surface area contributed by atoms with Crippen molar-refractivity contribution in [3.63, 3.8) is 0 Å². The van der Waals surface area contributed by atoms with Crippen molar-refractivity contribution < 1.29 is 9.53 Å². The summed E-state index contributed by atoms with van der Waals surface area (Å²) in [4.78, 5) is 23.5. The number of aryl methyl sites for hydroxylation is 1. The molecule has 0 bridgehead atoms. The molecule has 1 aliphatic heterocycles. The van der Waals surface area contributed by atoms with Crippen molar-refractivity contribution >= 4 is 11.9 Å². The van der Waals surface area contributed by atoms with E-state index in [1.807, 2.05) is 6.92 Å². The van der Waals surface area contributed by atoms with E-state index in [9.17, 15) is 4.79 Å². The third kappa shape index (κ3) is 4.56. The number of hydrogen-bond donors (Lipinski definition) is 1. The van der Waals surface area contributed by atoms with Crippen LogP contribution < -0.4 is 15.0 Å². The quantitative estimate of drug-likeness (QED) is 0.902. The summed E-state index contributed by atoms with van der Waals surface area (Å²) in [5.74, 6) is 1.31. The molecule has 6 nitrogen and oxygen atoms in total. The van der Waals surface area contributed by atoms with Crippen molar-refractivity contribution in [2.24, 2.45) is 5.92 Å². The van der Waals surface area contributed by atoms with Gasteiger partial charge in [-0.3, -0.25) is 4.79 Å². The number of hydrogen-bond acceptors (Lipinski definition) is 5. The zero-order chi connectivity index (χ0) is 17.0. The Morgan fingerprint density at radius 3 is 2.87 bits per heavy atom. The number of anilines is 1. The summed E-state index contributed by atoms with van der Waals surface area (Å²) >= 11 is 0. The van der Waals surface area contributed by atoms with Gasteiger partial charge in [-0.2, -0.15) is 4.98 Å². The van der Waals surface area contributed by atoms with Crippen molar-refractivity contribution in [2.45, 2.75) is 52.5 Å². The molecule has 1 aromatic rings. The highest BCUT2D eigenvalue weighted by Crippen LogP contribution is 2.23. The standard InChI is InChI=1S/C17H28N4O2/c1-6-17(3,4)20-15(22)13-8-7-9-21(11-13)16-18-12(2)10-14(19-16)23-5/h10,13H,6-9,11H2,1-5H3,(H,20,22)/t13-/m0/s1. The Hall–Kier alpha value is -1.85. The van der Waals surface area contributed by atoms with E-state index in [1.54, 1.807) is 13.2 Å². The molecule has 0 saturated carbocycles. The van der Waals surface area contributed by atoms with Crippen LogP contribution in [-0.2, 0) is 4.79 Å². The largest absolute Gasteiger partial charge is 0.481 e. The molecule has 1 aliphatic rings. The van der Waals surface area contributed by atoms with Crippen LogP contribution in [0, 0.1) is 12.8 Å². The molecule has 2 heterocycles. The highest BCUT2D eigenvalue weighted by molar-refractivity contribution is 5.80. The molecule has 1 aromatic heterocycles. The second-order valence-corrected chi connectivity index (χ2v) is 6.86. The Morgan fingerprint density at radius 2 is 2.22 bits per heavy atom. The van der Waals surface area contributed by atoms with Gasteiger partial charge in [-0.05, 0) is 40.0 Å². The average molecular weight is 320 g/mol. The van der Waals surface area contributed by atoms with Crippen LogP contribution in [-0.4, -0.2) is 41.6 Å². The molecule has 1 saturated heterocycles. The summed E-state index contributed by atoms with van der Waals surface area (Å²) in [7, 11) is 1.60. The van der Waals surface area contributed by atoms with Crippen molar-refractivity contribution in [1.82, 2.24) is 15.3 Å². The Bertz CT molecular complexity index is 560. The van der Waals surface area contributed by atoms with E-state index in [-0.39, 0.29) is 17.4 Å². The molecule has 0 aliphatic carbocycles. The van der Waals surface area contributed by atoms with Crippen LogP contribution in [0.3, 0.4) is 0 Å². The van der Waals surface area contributed by atoms with Gasteiger partial charge in [0, 0.05) is 30.4 Å². The number of ether oxygens (including phenoxy) is 1. The molecule has 23 heavy (non-hydrogen) atoms. The summed E-state index contributed by atoms with van der Waals surface area (Å²) in [5.41, 5.74) is 0.702. The maximum Gasteiger partial charge on any atom is 0.228 e. The van der Waals surface area contributed by atoms with E-state index in [4.69, 9.17) is 4.74 Å². The first-order valence-corrected chi connectivity index (χ1v) is 8.31. The third-order valence-corrected chi connectivity index (χ3v) is 4.45. The summed E-state index contributed by atoms with van der Waals surface area (Å²) in [5, 5.41) is 3.15. The zero-order valence-electron chi connectivity index (χ0n) is 14.8. The van der Waals surface area contributed by atoms with Gasteiger partial charge in [0.1, 0.15) is 0 Å². The topological polar surface area (TPSA) is 67.4 Å². The molecule has 6 heteroatoms. The molecule has 0 aromatic carbocycles. The number of carbonyl (C=O) groups is 1. The van der Waals surface area contributed by atoms with Crippen LogP contribution in [0.5, 0.6) is 5.88 Å². The van der Waals surface area contributed by atoms with Gasteiger partial charge in [0.25, 0.3) is 0 Å². The second-order valence-electron chi connectivity index (χ2n) is 6.86. The SMILES string of the molecule is CCC(C)(C)NC(=O)[C@H]1CCCN(c2nc(C)cc(OC)n2)C1. The van der Waals surface area contributed by atoms with E-state index in [0.717, 1.165) is 31.5 Å². The van der Waals surface area contributed by atoms with Crippen molar-refractivity contribution in [1.29, 1.82) is 0 Å². The highest BCUT2D eigenvalue weighted by atomic mass is 16.5. The number of nitrogens with one attached hydrogen (secondary N) is 1. The van der Waals surface area contributed by atoms with Gasteiger partial charge in [-0.1, -0.05) is 6.92 Å². The minimum Gasteiger partial charge on any atom is -0.481 e. The third-order valence-electron chi connectivity index (χ3n) is 4.45. The highest BCUT2D eigenvalue weighted by Gasteiger charge is 2.30. The van der Waals surface area contributed by atoms with Gasteiger partial charge in [0.05, 0.1) is 13.0 Å². The monoisotopic (exact) mass is 320 g/mol. The molecule has 1 fully saturated rings. The molecule has 0 unspecified atom stereocenters. The summed E-state index contributed by atoms with van der Waals surface area (Å²) in [6.45, 7) is 9.64. The smallest absolute Gasteiger partial charge is 0.228 e. The Kier molecular flexibility index (Phi) is 5.44. The van der Waals surface area contributed by atoms with Crippen molar-refractivity contribution in [3.8, 4) is 5.88 Å². The lowest BCUT2D eigenvalue weighted by Gasteiger charge is -2.34. The van der Waals surface area contributed by atoms with Crippen LogP contribution in [0.2, 0.25) is 0 Å². The van der Waals surface area contributed by atoms with Gasteiger partial charge in [-0.15, -0.1) is 0 Å². The fraction of sp³-hybridized carbons (Fsp3) is 0.706. The summed E-state index contributed by atoms with van der Waals surface area (Å²) in [6, 6.07) is 1.81. The molecule has 128 valence electrons. The molecule has 0 radical (unpaired) electrons. The van der Waals surface area contributed by atoms with Crippen LogP contribution in [0.1, 0.15) is 45.7 Å². The molecular weight excluding hydrogens is 292 g/mol. The Balaban J connectivity index is 2.09. The fourth-order valence-electron chi connectivity index (χ4n) is 2.67. The minimum absolute atomic E-state index is 0.0234. The first kappa shape index (κ1) is 17.5. The second kappa shape index (κ2) is 7.15. The number of methoxy groups -OCH3 is 1. The number of amides is 1. The van der Waals surface area contributed by atoms with E-state index in [0.29, 0.717) is 18.4 Å². The Morgan fingerprint density at radius 1 is 1.48 bits per heavy atom. The molecular formula is C17H28N4O2. The lowest BCUT2D eigenvalue weighted by Crippen LogP contribution is -2.50. The zero-order valence-corrected chi connectivity index (χ0v) is 14.8. The fourth-order valence-corrected chi connectivity index (χ4v) is 2.67. The molecule has 1 N–H and O–H groups in total. The first-order chi connectivity index (χ1) is 10.8. The number of carbonyl (C=O) groups excluding carboxylic acids is 1. The Labute approximate surface area is 138 Å². The van der Waals surface area contributed by atoms with Crippen LogP contribution in [0.25, 0.3) is 0 Å². The summed E-state index contributed by atoms with van der Waals surface area (Å²) in [6.07, 6.45) is 2.78. The van der Waals surface area contributed by atoms with E-state index in [2.05, 4.69) is 41.0 Å². The van der Waals surface area contributed by atoms with Gasteiger partial charge in [-0.25, -0.2) is 4.98 Å². The van der Waals surface area contributed by atoms with Gasteiger partial charge < -0.3 is 15.0 Å². The molecule has 1 atom stereocenters. The minimum atomic E-state index is -0.164. The average Bonchev–Trinajstić information content (AvgIpc) is 2.54. The predicted molar refractivity (Wildman–Crippen MR) is 90.8 cm³/mol. The summed E-state index contributed by atoms with van der Waals surface area (Å²) < 4.78 is 5.22. The van der Waals surface area contributed by atoms with Gasteiger partial charge in [0.15, 0.2) is 0 Å². The molecule has 0 spiro atoms. The van der Waals surface area contributed by atoms with E-state index < -0.39 is 0 Å². The number of rotatable bonds is 5. The molecule has 2 rings (SSSR count). The van der Waals surface area contributed by atoms with Gasteiger partial charge in [0.2, 0.25) is 17.7 Å². The maximum atomic E-state index is 12.5. The maximum absolute atomic E-state index is 12.5. The van der Waals surface area contributed by atoms with Crippen LogP contribution in [0.4, 0.5) is 5.95 Å². The van der Waals surface area contributed by atoms with Crippen molar-refractivity contribution in [3.05, 3.63) is 11.8 Å². The van der Waals surface area contributed by atoms with Crippen LogP contribution in [0.15, 0.2) is 6.07 Å². The molecule has 1 amide bonds. The number of nitrogens with zero attached hydrogens (tertiary/aromatic N) is 3. The lowest BCUT2D eigenvalue weighted by molar-refractivity contribution is -0.126. The van der Waals surface area contributed by atoms with Gasteiger partial charge >= 0.3 is 0 Å². The van der Waals surface area contributed by atoms with E-state index in [1.165, 1.54) is 0 Å². The van der Waals surface area contributed by atoms with E-state index >= 15 is 0 Å². The van der Waals surface area contributed by atoms with Crippen molar-refractivity contribution in [2.75, 3.05) is 25.1 Å². The lowest BCUT2D eigenvalue weighted by atomic mass is 9.94. The number of aromatic nitrogens is 2. The predicted octanol–water partition coefficient (Wildman–Crippen LogP) is 2.31.